The maximum atomic E-state index is 11.6. The number of nitrogens with one attached hydrogen (secondary N) is 2. The van der Waals surface area contributed by atoms with Gasteiger partial charge in [0.15, 0.2) is 0 Å². The Bertz CT molecular complexity index is 390. The molecule has 2 amide bonds. The fourth-order valence-corrected chi connectivity index (χ4v) is 2.03. The van der Waals surface area contributed by atoms with E-state index in [-0.39, 0.29) is 31.4 Å². The largest absolute Gasteiger partial charge is 0.394 e. The van der Waals surface area contributed by atoms with Gasteiger partial charge >= 0.3 is 0 Å². The molecule has 0 saturated carbocycles. The lowest BCUT2D eigenvalue weighted by atomic mass is 10.2. The predicted octanol–water partition coefficient (Wildman–Crippen LogP) is -0.272. The normalized spacial score (nSPS) is 10.5. The summed E-state index contributed by atoms with van der Waals surface area (Å²) in [6.45, 7) is -0.179. The molecule has 0 aliphatic rings. The average molecular weight is 286 g/mol. The summed E-state index contributed by atoms with van der Waals surface area (Å²) < 4.78 is 0. The molecule has 1 aromatic rings. The maximum Gasteiger partial charge on any atom is 0.261 e. The Kier molecular flexibility index (Phi) is 7.09. The van der Waals surface area contributed by atoms with Crippen molar-refractivity contribution in [3.8, 4) is 0 Å². The van der Waals surface area contributed by atoms with E-state index in [1.54, 1.807) is 12.1 Å². The van der Waals surface area contributed by atoms with E-state index in [0.717, 1.165) is 0 Å². The quantitative estimate of drug-likeness (QED) is 0.494. The molecule has 0 radical (unpaired) electrons. The van der Waals surface area contributed by atoms with Gasteiger partial charge in [-0.25, -0.2) is 0 Å². The first-order valence-corrected chi connectivity index (χ1v) is 6.88. The minimum Gasteiger partial charge on any atom is -0.394 e. The Morgan fingerprint density at radius 2 is 2.05 bits per heavy atom. The number of aliphatic hydroxyl groups excluding tert-OH is 2. The molecule has 19 heavy (non-hydrogen) atoms. The summed E-state index contributed by atoms with van der Waals surface area (Å²) >= 11 is 1.36. The van der Waals surface area contributed by atoms with Crippen molar-refractivity contribution in [2.24, 2.45) is 0 Å². The molecule has 6 nitrogen and oxygen atoms in total. The van der Waals surface area contributed by atoms with Gasteiger partial charge in [-0.1, -0.05) is 6.07 Å². The van der Waals surface area contributed by atoms with E-state index in [4.69, 9.17) is 10.2 Å². The van der Waals surface area contributed by atoms with Gasteiger partial charge in [0.05, 0.1) is 24.1 Å². The van der Waals surface area contributed by atoms with Crippen LogP contribution in [0.15, 0.2) is 17.5 Å². The molecule has 4 N–H and O–H groups in total. The number of thiophene rings is 1. The Balaban J connectivity index is 2.13. The number of carbonyl (C=O) groups is 2. The van der Waals surface area contributed by atoms with Crippen LogP contribution in [-0.4, -0.2) is 47.8 Å². The van der Waals surface area contributed by atoms with Crippen molar-refractivity contribution >= 4 is 23.2 Å². The van der Waals surface area contributed by atoms with E-state index < -0.39 is 6.04 Å². The number of amides is 2. The molecule has 7 heteroatoms. The van der Waals surface area contributed by atoms with Crippen LogP contribution in [-0.2, 0) is 4.79 Å². The molecule has 0 aliphatic heterocycles. The van der Waals surface area contributed by atoms with Crippen LogP contribution in [0.4, 0.5) is 0 Å². The second-order valence-corrected chi connectivity index (χ2v) is 4.91. The SMILES string of the molecule is O=C(CCCNC(=O)c1cccs1)NC(CO)CO. The molecule has 0 atom stereocenters. The highest BCUT2D eigenvalue weighted by Gasteiger charge is 2.10. The predicted molar refractivity (Wildman–Crippen MR) is 72.0 cm³/mol. The van der Waals surface area contributed by atoms with Gasteiger partial charge in [-0.3, -0.25) is 9.59 Å². The molecule has 1 heterocycles. The first-order valence-electron chi connectivity index (χ1n) is 6.00. The summed E-state index contributed by atoms with van der Waals surface area (Å²) in [7, 11) is 0. The summed E-state index contributed by atoms with van der Waals surface area (Å²) in [6.07, 6.45) is 0.744. The van der Waals surface area contributed by atoms with E-state index in [0.29, 0.717) is 17.8 Å². The summed E-state index contributed by atoms with van der Waals surface area (Å²) in [4.78, 5) is 23.6. The number of rotatable bonds is 8. The zero-order valence-electron chi connectivity index (χ0n) is 10.5. The van der Waals surface area contributed by atoms with E-state index in [1.165, 1.54) is 11.3 Å². The summed E-state index contributed by atoms with van der Waals surface area (Å²) in [5.41, 5.74) is 0. The lowest BCUT2D eigenvalue weighted by Gasteiger charge is -2.13. The standard InChI is InChI=1S/C12H18N2O4S/c15-7-9(8-16)14-11(17)4-1-5-13-12(18)10-3-2-6-19-10/h2-3,6,9,15-16H,1,4-5,7-8H2,(H,13,18)(H,14,17). The van der Waals surface area contributed by atoms with Crippen LogP contribution in [0.5, 0.6) is 0 Å². The first kappa shape index (κ1) is 15.6. The third kappa shape index (κ3) is 5.82. The molecule has 1 rings (SSSR count). The summed E-state index contributed by atoms with van der Waals surface area (Å²) in [5, 5.41) is 24.6. The van der Waals surface area contributed by atoms with E-state index in [9.17, 15) is 9.59 Å². The lowest BCUT2D eigenvalue weighted by Crippen LogP contribution is -2.40. The zero-order chi connectivity index (χ0) is 14.1. The van der Waals surface area contributed by atoms with Crippen LogP contribution in [0.1, 0.15) is 22.5 Å². The smallest absolute Gasteiger partial charge is 0.261 e. The van der Waals surface area contributed by atoms with E-state index >= 15 is 0 Å². The third-order valence-corrected chi connectivity index (χ3v) is 3.29. The van der Waals surface area contributed by atoms with Crippen molar-refractivity contribution in [1.82, 2.24) is 10.6 Å². The van der Waals surface area contributed by atoms with Gasteiger partial charge in [-0.2, -0.15) is 0 Å². The number of carbonyl (C=O) groups excluding carboxylic acids is 2. The molecule has 0 saturated heterocycles. The van der Waals surface area contributed by atoms with Crippen molar-refractivity contribution in [1.29, 1.82) is 0 Å². The Morgan fingerprint density at radius 3 is 2.63 bits per heavy atom. The second kappa shape index (κ2) is 8.63. The molecule has 0 fully saturated rings. The number of aliphatic hydroxyl groups is 2. The van der Waals surface area contributed by atoms with Crippen LogP contribution in [0, 0.1) is 0 Å². The highest BCUT2D eigenvalue weighted by Crippen LogP contribution is 2.07. The van der Waals surface area contributed by atoms with Crippen molar-refractivity contribution in [2.75, 3.05) is 19.8 Å². The Hall–Kier alpha value is -1.44. The Labute approximate surface area is 115 Å². The zero-order valence-corrected chi connectivity index (χ0v) is 11.3. The van der Waals surface area contributed by atoms with Crippen LogP contribution in [0.2, 0.25) is 0 Å². The molecule has 106 valence electrons. The molecule has 0 spiro atoms. The lowest BCUT2D eigenvalue weighted by molar-refractivity contribution is -0.122. The summed E-state index contributed by atoms with van der Waals surface area (Å²) in [6, 6.07) is 2.92. The van der Waals surface area contributed by atoms with Gasteiger partial charge in [0.1, 0.15) is 0 Å². The molecular weight excluding hydrogens is 268 g/mol. The minimum atomic E-state index is -0.617. The van der Waals surface area contributed by atoms with Gasteiger partial charge in [0, 0.05) is 13.0 Å². The molecule has 1 aromatic heterocycles. The topological polar surface area (TPSA) is 98.7 Å². The van der Waals surface area contributed by atoms with Crippen LogP contribution >= 0.6 is 11.3 Å². The van der Waals surface area contributed by atoms with E-state index in [1.807, 2.05) is 5.38 Å². The monoisotopic (exact) mass is 286 g/mol. The van der Waals surface area contributed by atoms with Gasteiger partial charge in [0.25, 0.3) is 5.91 Å². The third-order valence-electron chi connectivity index (χ3n) is 2.42. The molecule has 0 bridgehead atoms. The molecular formula is C12H18N2O4S. The fourth-order valence-electron chi connectivity index (χ4n) is 1.39. The van der Waals surface area contributed by atoms with Crippen LogP contribution in [0.25, 0.3) is 0 Å². The Morgan fingerprint density at radius 1 is 1.32 bits per heavy atom. The van der Waals surface area contributed by atoms with Crippen LogP contribution < -0.4 is 10.6 Å². The fraction of sp³-hybridized carbons (Fsp3) is 0.500. The average Bonchev–Trinajstić information content (AvgIpc) is 2.94. The maximum absolute atomic E-state index is 11.6. The van der Waals surface area contributed by atoms with Crippen molar-refractivity contribution in [2.45, 2.75) is 18.9 Å². The van der Waals surface area contributed by atoms with Gasteiger partial charge in [-0.15, -0.1) is 11.3 Å². The number of hydrogen-bond donors (Lipinski definition) is 4. The van der Waals surface area contributed by atoms with Crippen molar-refractivity contribution < 1.29 is 19.8 Å². The van der Waals surface area contributed by atoms with E-state index in [2.05, 4.69) is 10.6 Å². The highest BCUT2D eigenvalue weighted by molar-refractivity contribution is 7.12. The van der Waals surface area contributed by atoms with Crippen molar-refractivity contribution in [3.05, 3.63) is 22.4 Å². The summed E-state index contributed by atoms with van der Waals surface area (Å²) in [5.74, 6) is -0.391. The number of hydrogen-bond acceptors (Lipinski definition) is 5. The van der Waals surface area contributed by atoms with Crippen LogP contribution in [0.3, 0.4) is 0 Å². The second-order valence-electron chi connectivity index (χ2n) is 3.97. The van der Waals surface area contributed by atoms with Gasteiger partial charge in [0.2, 0.25) is 5.91 Å². The van der Waals surface area contributed by atoms with Gasteiger partial charge < -0.3 is 20.8 Å². The highest BCUT2D eigenvalue weighted by atomic mass is 32.1. The minimum absolute atomic E-state index is 0.140. The molecule has 0 aliphatic carbocycles. The van der Waals surface area contributed by atoms with Gasteiger partial charge in [-0.05, 0) is 17.9 Å². The molecule has 0 unspecified atom stereocenters. The van der Waals surface area contributed by atoms with Crippen molar-refractivity contribution in [3.63, 3.8) is 0 Å². The molecule has 0 aromatic carbocycles. The first-order chi connectivity index (χ1) is 9.17.